The highest BCUT2D eigenvalue weighted by Crippen LogP contribution is 2.25. The van der Waals surface area contributed by atoms with Crippen LogP contribution in [-0.2, 0) is 6.54 Å². The van der Waals surface area contributed by atoms with Gasteiger partial charge < -0.3 is 5.32 Å². The van der Waals surface area contributed by atoms with Crippen LogP contribution in [0.2, 0.25) is 0 Å². The summed E-state index contributed by atoms with van der Waals surface area (Å²) in [5.74, 6) is 0.900. The molecule has 2 nitrogen and oxygen atoms in total. The molecule has 2 saturated heterocycles. The topological polar surface area (TPSA) is 15.3 Å². The molecule has 1 N–H and O–H groups in total. The quantitative estimate of drug-likeness (QED) is 0.812. The Hall–Kier alpha value is -0.860. The molecule has 0 saturated carbocycles. The van der Waals surface area contributed by atoms with Crippen molar-refractivity contribution in [3.8, 4) is 0 Å². The molecule has 86 valence electrons. The molecule has 0 spiro atoms. The predicted molar refractivity (Wildman–Crippen MR) is 66.2 cm³/mol. The van der Waals surface area contributed by atoms with Gasteiger partial charge in [-0.05, 0) is 37.4 Å². The number of hydrogen-bond acceptors (Lipinski definition) is 2. The van der Waals surface area contributed by atoms with E-state index in [1.807, 2.05) is 0 Å². The molecule has 2 aliphatic heterocycles. The van der Waals surface area contributed by atoms with Crippen molar-refractivity contribution in [2.75, 3.05) is 19.6 Å². The molecule has 16 heavy (non-hydrogen) atoms. The number of nitrogens with one attached hydrogen (secondary N) is 1. The number of likely N-dealkylation sites (tertiary alicyclic amines) is 1. The molecule has 1 aromatic rings. The minimum atomic E-state index is 0.812. The summed E-state index contributed by atoms with van der Waals surface area (Å²) in [7, 11) is 0. The SMILES string of the molecule is c1ccc(CN2CCC3NCCC3C2)cc1. The lowest BCUT2D eigenvalue weighted by molar-refractivity contribution is 0.156. The fourth-order valence-electron chi connectivity index (χ4n) is 3.11. The van der Waals surface area contributed by atoms with Crippen LogP contribution in [-0.4, -0.2) is 30.6 Å². The zero-order chi connectivity index (χ0) is 10.8. The minimum Gasteiger partial charge on any atom is -0.314 e. The highest BCUT2D eigenvalue weighted by atomic mass is 15.2. The normalized spacial score (nSPS) is 30.2. The Bertz CT molecular complexity index is 336. The third-order valence-electron chi connectivity index (χ3n) is 3.99. The van der Waals surface area contributed by atoms with Crippen molar-refractivity contribution in [2.24, 2.45) is 5.92 Å². The van der Waals surface area contributed by atoms with E-state index < -0.39 is 0 Å². The molecule has 0 bridgehead atoms. The summed E-state index contributed by atoms with van der Waals surface area (Å²) < 4.78 is 0. The molecule has 2 heterocycles. The third kappa shape index (κ3) is 2.13. The molecule has 2 unspecified atom stereocenters. The van der Waals surface area contributed by atoms with Gasteiger partial charge in [0.15, 0.2) is 0 Å². The van der Waals surface area contributed by atoms with Crippen molar-refractivity contribution in [1.29, 1.82) is 0 Å². The maximum Gasteiger partial charge on any atom is 0.0233 e. The first-order valence-electron chi connectivity index (χ1n) is 6.41. The molecule has 2 aliphatic rings. The molecular weight excluding hydrogens is 196 g/mol. The molecule has 3 rings (SSSR count). The third-order valence-corrected chi connectivity index (χ3v) is 3.99. The Morgan fingerprint density at radius 3 is 2.94 bits per heavy atom. The van der Waals surface area contributed by atoms with Gasteiger partial charge in [-0.2, -0.15) is 0 Å². The second kappa shape index (κ2) is 4.56. The summed E-state index contributed by atoms with van der Waals surface area (Å²) in [6, 6.07) is 11.7. The van der Waals surface area contributed by atoms with Crippen molar-refractivity contribution in [3.63, 3.8) is 0 Å². The van der Waals surface area contributed by atoms with Crippen molar-refractivity contribution in [2.45, 2.75) is 25.4 Å². The molecule has 0 aliphatic carbocycles. The van der Waals surface area contributed by atoms with E-state index in [4.69, 9.17) is 0 Å². The summed E-state index contributed by atoms with van der Waals surface area (Å²) in [4.78, 5) is 2.61. The molecule has 0 amide bonds. The van der Waals surface area contributed by atoms with Gasteiger partial charge in [0.05, 0.1) is 0 Å². The summed E-state index contributed by atoms with van der Waals surface area (Å²) >= 11 is 0. The number of nitrogens with zero attached hydrogens (tertiary/aromatic N) is 1. The molecular formula is C14H20N2. The molecule has 0 radical (unpaired) electrons. The van der Waals surface area contributed by atoms with E-state index in [0.717, 1.165) is 18.5 Å². The van der Waals surface area contributed by atoms with E-state index in [0.29, 0.717) is 0 Å². The Labute approximate surface area is 97.6 Å². The number of hydrogen-bond donors (Lipinski definition) is 1. The van der Waals surface area contributed by atoms with Gasteiger partial charge >= 0.3 is 0 Å². The largest absolute Gasteiger partial charge is 0.314 e. The Morgan fingerprint density at radius 2 is 2.06 bits per heavy atom. The van der Waals surface area contributed by atoms with E-state index in [1.54, 1.807) is 0 Å². The van der Waals surface area contributed by atoms with Crippen molar-refractivity contribution in [3.05, 3.63) is 35.9 Å². The van der Waals surface area contributed by atoms with E-state index in [-0.39, 0.29) is 0 Å². The van der Waals surface area contributed by atoms with Crippen LogP contribution in [0.15, 0.2) is 30.3 Å². The average Bonchev–Trinajstić information content (AvgIpc) is 2.77. The Balaban J connectivity index is 1.60. The van der Waals surface area contributed by atoms with Crippen LogP contribution in [0.3, 0.4) is 0 Å². The van der Waals surface area contributed by atoms with Gasteiger partial charge in [-0.3, -0.25) is 4.90 Å². The minimum absolute atomic E-state index is 0.812. The van der Waals surface area contributed by atoms with Crippen LogP contribution in [0, 0.1) is 5.92 Å². The number of benzene rings is 1. The summed E-state index contributed by atoms with van der Waals surface area (Å²) in [6.45, 7) is 4.90. The van der Waals surface area contributed by atoms with Crippen LogP contribution in [0.4, 0.5) is 0 Å². The second-order valence-corrected chi connectivity index (χ2v) is 5.12. The van der Waals surface area contributed by atoms with Crippen molar-refractivity contribution in [1.82, 2.24) is 10.2 Å². The molecule has 2 heteroatoms. The highest BCUT2D eigenvalue weighted by molar-refractivity contribution is 5.14. The van der Waals surface area contributed by atoms with Crippen LogP contribution >= 0.6 is 0 Å². The first-order valence-corrected chi connectivity index (χ1v) is 6.41. The first kappa shape index (κ1) is 10.3. The Morgan fingerprint density at radius 1 is 1.19 bits per heavy atom. The fourth-order valence-corrected chi connectivity index (χ4v) is 3.11. The predicted octanol–water partition coefficient (Wildman–Crippen LogP) is 1.87. The second-order valence-electron chi connectivity index (χ2n) is 5.12. The van der Waals surface area contributed by atoms with Crippen LogP contribution in [0.1, 0.15) is 18.4 Å². The standard InChI is InChI=1S/C14H20N2/c1-2-4-12(5-3-1)10-16-9-7-14-13(11-16)6-8-15-14/h1-5,13-15H,6-11H2. The van der Waals surface area contributed by atoms with Gasteiger partial charge in [0.25, 0.3) is 0 Å². The fraction of sp³-hybridized carbons (Fsp3) is 0.571. The van der Waals surface area contributed by atoms with Gasteiger partial charge in [-0.15, -0.1) is 0 Å². The van der Waals surface area contributed by atoms with Gasteiger partial charge in [0, 0.05) is 19.1 Å². The zero-order valence-corrected chi connectivity index (χ0v) is 9.73. The highest BCUT2D eigenvalue weighted by Gasteiger charge is 2.32. The van der Waals surface area contributed by atoms with E-state index in [1.165, 1.54) is 38.0 Å². The van der Waals surface area contributed by atoms with Gasteiger partial charge in [-0.25, -0.2) is 0 Å². The average molecular weight is 216 g/mol. The van der Waals surface area contributed by atoms with E-state index in [2.05, 4.69) is 40.5 Å². The van der Waals surface area contributed by atoms with E-state index in [9.17, 15) is 0 Å². The maximum absolute atomic E-state index is 3.62. The molecule has 1 aromatic carbocycles. The number of rotatable bonds is 2. The van der Waals surface area contributed by atoms with Gasteiger partial charge in [0.2, 0.25) is 0 Å². The van der Waals surface area contributed by atoms with E-state index >= 15 is 0 Å². The summed E-state index contributed by atoms with van der Waals surface area (Å²) in [5.41, 5.74) is 1.45. The molecule has 2 atom stereocenters. The van der Waals surface area contributed by atoms with Crippen molar-refractivity contribution < 1.29 is 0 Å². The van der Waals surface area contributed by atoms with Gasteiger partial charge in [0.1, 0.15) is 0 Å². The lowest BCUT2D eigenvalue weighted by Crippen LogP contribution is -2.43. The molecule has 2 fully saturated rings. The maximum atomic E-state index is 3.62. The van der Waals surface area contributed by atoms with Crippen LogP contribution < -0.4 is 5.32 Å². The zero-order valence-electron chi connectivity index (χ0n) is 9.73. The Kier molecular flexibility index (Phi) is 2.94. The monoisotopic (exact) mass is 216 g/mol. The lowest BCUT2D eigenvalue weighted by atomic mass is 9.93. The van der Waals surface area contributed by atoms with Crippen molar-refractivity contribution >= 4 is 0 Å². The summed E-state index contributed by atoms with van der Waals surface area (Å²) in [6.07, 6.45) is 2.70. The molecule has 0 aromatic heterocycles. The smallest absolute Gasteiger partial charge is 0.0233 e. The first-order chi connectivity index (χ1) is 7.92. The number of piperidine rings is 1. The van der Waals surface area contributed by atoms with Gasteiger partial charge in [-0.1, -0.05) is 30.3 Å². The summed E-state index contributed by atoms with van der Waals surface area (Å²) in [5, 5.41) is 3.62. The lowest BCUT2D eigenvalue weighted by Gasteiger charge is -2.34. The number of fused-ring (bicyclic) bond motifs is 1. The van der Waals surface area contributed by atoms with Crippen LogP contribution in [0.5, 0.6) is 0 Å². The van der Waals surface area contributed by atoms with Crippen LogP contribution in [0.25, 0.3) is 0 Å².